The molecule has 0 aromatic heterocycles. The quantitative estimate of drug-likeness (QED) is 0.798. The maximum Gasteiger partial charge on any atom is 0.170 e. The molecular weight excluding hydrogens is 210 g/mol. The SMILES string of the molecule is O=C1c2ccccc2C=CC1C1CCNCC1. The van der Waals surface area contributed by atoms with Gasteiger partial charge in [-0.15, -0.1) is 0 Å². The van der Waals surface area contributed by atoms with Gasteiger partial charge in [0.25, 0.3) is 0 Å². The molecule has 88 valence electrons. The van der Waals surface area contributed by atoms with Gasteiger partial charge in [-0.1, -0.05) is 36.4 Å². The number of piperidine rings is 1. The lowest BCUT2D eigenvalue weighted by Crippen LogP contribution is -2.34. The van der Waals surface area contributed by atoms with Crippen LogP contribution in [-0.2, 0) is 0 Å². The third-order valence-electron chi connectivity index (χ3n) is 3.90. The topological polar surface area (TPSA) is 29.1 Å². The number of Topliss-reactive ketones (excluding diaryl/α,β-unsaturated/α-hetero) is 1. The minimum Gasteiger partial charge on any atom is -0.317 e. The molecule has 2 aliphatic rings. The van der Waals surface area contributed by atoms with Gasteiger partial charge in [0.2, 0.25) is 0 Å². The number of carbonyl (C=O) groups is 1. The molecule has 2 heteroatoms. The predicted octanol–water partition coefficient (Wildman–Crippen LogP) is 2.51. The van der Waals surface area contributed by atoms with Crippen LogP contribution in [0.15, 0.2) is 30.3 Å². The summed E-state index contributed by atoms with van der Waals surface area (Å²) in [5, 5.41) is 3.35. The highest BCUT2D eigenvalue weighted by Crippen LogP contribution is 2.31. The minimum atomic E-state index is 0.104. The largest absolute Gasteiger partial charge is 0.317 e. The number of carbonyl (C=O) groups excluding carboxylic acids is 1. The molecule has 17 heavy (non-hydrogen) atoms. The van der Waals surface area contributed by atoms with Gasteiger partial charge in [-0.05, 0) is 37.4 Å². The standard InChI is InChI=1S/C15H17NO/c17-15-13-4-2-1-3-11(13)5-6-14(15)12-7-9-16-10-8-12/h1-6,12,14,16H,7-10H2. The summed E-state index contributed by atoms with van der Waals surface area (Å²) in [5.74, 6) is 0.940. The summed E-state index contributed by atoms with van der Waals surface area (Å²) in [4.78, 5) is 12.4. The van der Waals surface area contributed by atoms with Crippen LogP contribution in [0.2, 0.25) is 0 Å². The third-order valence-corrected chi connectivity index (χ3v) is 3.90. The van der Waals surface area contributed by atoms with Crippen molar-refractivity contribution >= 4 is 11.9 Å². The Morgan fingerprint density at radius 2 is 1.88 bits per heavy atom. The minimum absolute atomic E-state index is 0.104. The number of allylic oxidation sites excluding steroid dienone is 1. The maximum atomic E-state index is 12.4. The van der Waals surface area contributed by atoms with Crippen molar-refractivity contribution in [1.82, 2.24) is 5.32 Å². The Kier molecular flexibility index (Phi) is 2.81. The second kappa shape index (κ2) is 4.46. The summed E-state index contributed by atoms with van der Waals surface area (Å²) in [5.41, 5.74) is 1.97. The van der Waals surface area contributed by atoms with E-state index in [2.05, 4.69) is 17.5 Å². The van der Waals surface area contributed by atoms with E-state index in [-0.39, 0.29) is 5.92 Å². The highest BCUT2D eigenvalue weighted by molar-refractivity contribution is 6.04. The number of hydrogen-bond acceptors (Lipinski definition) is 2. The van der Waals surface area contributed by atoms with Crippen molar-refractivity contribution in [2.45, 2.75) is 12.8 Å². The molecule has 1 fully saturated rings. The molecule has 1 saturated heterocycles. The first-order valence-corrected chi connectivity index (χ1v) is 6.38. The smallest absolute Gasteiger partial charge is 0.170 e. The molecule has 0 saturated carbocycles. The van der Waals surface area contributed by atoms with Crippen LogP contribution >= 0.6 is 0 Å². The number of fused-ring (bicyclic) bond motifs is 1. The molecule has 0 radical (unpaired) electrons. The van der Waals surface area contributed by atoms with Crippen LogP contribution in [0.25, 0.3) is 6.08 Å². The second-order valence-electron chi connectivity index (χ2n) is 4.92. The summed E-state index contributed by atoms with van der Waals surface area (Å²) in [7, 11) is 0. The molecule has 0 bridgehead atoms. The molecule has 1 N–H and O–H groups in total. The van der Waals surface area contributed by atoms with Gasteiger partial charge in [0, 0.05) is 11.5 Å². The van der Waals surface area contributed by atoms with Crippen LogP contribution < -0.4 is 5.32 Å². The van der Waals surface area contributed by atoms with Crippen molar-refractivity contribution in [3.8, 4) is 0 Å². The van der Waals surface area contributed by atoms with Crippen molar-refractivity contribution in [3.63, 3.8) is 0 Å². The summed E-state index contributed by atoms with van der Waals surface area (Å²) in [6, 6.07) is 7.91. The van der Waals surface area contributed by atoms with Gasteiger partial charge in [0.05, 0.1) is 0 Å². The average Bonchev–Trinajstić information content (AvgIpc) is 2.40. The fourth-order valence-corrected chi connectivity index (χ4v) is 2.92. The first-order valence-electron chi connectivity index (χ1n) is 6.38. The van der Waals surface area contributed by atoms with Crippen LogP contribution in [0.3, 0.4) is 0 Å². The van der Waals surface area contributed by atoms with E-state index in [1.54, 1.807) is 0 Å². The van der Waals surface area contributed by atoms with E-state index in [1.165, 1.54) is 0 Å². The zero-order chi connectivity index (χ0) is 11.7. The molecule has 1 aliphatic heterocycles. The summed E-state index contributed by atoms with van der Waals surface area (Å²) >= 11 is 0. The van der Waals surface area contributed by atoms with Crippen molar-refractivity contribution in [2.24, 2.45) is 11.8 Å². The van der Waals surface area contributed by atoms with E-state index < -0.39 is 0 Å². The van der Waals surface area contributed by atoms with Gasteiger partial charge < -0.3 is 5.32 Å². The van der Waals surface area contributed by atoms with Crippen molar-refractivity contribution in [3.05, 3.63) is 41.5 Å². The van der Waals surface area contributed by atoms with Crippen LogP contribution in [0.5, 0.6) is 0 Å². The number of ketones is 1. The average molecular weight is 227 g/mol. The highest BCUT2D eigenvalue weighted by Gasteiger charge is 2.30. The normalized spacial score (nSPS) is 24.7. The fraction of sp³-hybridized carbons (Fsp3) is 0.400. The van der Waals surface area contributed by atoms with E-state index in [9.17, 15) is 4.79 Å². The Morgan fingerprint density at radius 3 is 2.71 bits per heavy atom. The van der Waals surface area contributed by atoms with Gasteiger partial charge in [0.1, 0.15) is 0 Å². The van der Waals surface area contributed by atoms with Gasteiger partial charge in [0.15, 0.2) is 5.78 Å². The third kappa shape index (κ3) is 1.93. The first-order chi connectivity index (χ1) is 8.36. The van der Waals surface area contributed by atoms with Crippen LogP contribution in [0.4, 0.5) is 0 Å². The molecule has 0 spiro atoms. The van der Waals surface area contributed by atoms with E-state index >= 15 is 0 Å². The Morgan fingerprint density at radius 1 is 1.12 bits per heavy atom. The van der Waals surface area contributed by atoms with Gasteiger partial charge >= 0.3 is 0 Å². The molecule has 0 amide bonds. The lowest BCUT2D eigenvalue weighted by molar-refractivity contribution is 0.0891. The Labute approximate surface area is 102 Å². The second-order valence-corrected chi connectivity index (χ2v) is 4.92. The molecule has 1 aromatic rings. The van der Waals surface area contributed by atoms with E-state index in [4.69, 9.17) is 0 Å². The van der Waals surface area contributed by atoms with Gasteiger partial charge in [-0.3, -0.25) is 4.79 Å². The lowest BCUT2D eigenvalue weighted by Gasteiger charge is -2.30. The van der Waals surface area contributed by atoms with Crippen molar-refractivity contribution < 1.29 is 4.79 Å². The zero-order valence-electron chi connectivity index (χ0n) is 9.86. The van der Waals surface area contributed by atoms with Crippen LogP contribution in [-0.4, -0.2) is 18.9 Å². The number of rotatable bonds is 1. The molecule has 1 aliphatic carbocycles. The molecule has 3 rings (SSSR count). The van der Waals surface area contributed by atoms with E-state index in [0.29, 0.717) is 11.7 Å². The van der Waals surface area contributed by atoms with Gasteiger partial charge in [-0.25, -0.2) is 0 Å². The van der Waals surface area contributed by atoms with Crippen LogP contribution in [0.1, 0.15) is 28.8 Å². The van der Waals surface area contributed by atoms with E-state index in [0.717, 1.165) is 37.1 Å². The zero-order valence-corrected chi connectivity index (χ0v) is 9.86. The highest BCUT2D eigenvalue weighted by atomic mass is 16.1. The fourth-order valence-electron chi connectivity index (χ4n) is 2.92. The molecule has 1 unspecified atom stereocenters. The van der Waals surface area contributed by atoms with Gasteiger partial charge in [-0.2, -0.15) is 0 Å². The molecule has 1 aromatic carbocycles. The molecule has 2 nitrogen and oxygen atoms in total. The molecule has 1 atom stereocenters. The Balaban J connectivity index is 1.88. The van der Waals surface area contributed by atoms with Crippen molar-refractivity contribution in [1.29, 1.82) is 0 Å². The predicted molar refractivity (Wildman–Crippen MR) is 68.9 cm³/mol. The first kappa shape index (κ1) is 10.7. The molecular formula is C15H17NO. The summed E-state index contributed by atoms with van der Waals surface area (Å²) < 4.78 is 0. The number of nitrogens with one attached hydrogen (secondary N) is 1. The maximum absolute atomic E-state index is 12.4. The summed E-state index contributed by atoms with van der Waals surface area (Å²) in [6.45, 7) is 2.09. The lowest BCUT2D eigenvalue weighted by atomic mass is 9.77. The summed E-state index contributed by atoms with van der Waals surface area (Å²) in [6.07, 6.45) is 6.45. The Bertz CT molecular complexity index is 458. The monoisotopic (exact) mass is 227 g/mol. The van der Waals surface area contributed by atoms with E-state index in [1.807, 2.05) is 24.3 Å². The number of benzene rings is 1. The Hall–Kier alpha value is -1.41. The number of hydrogen-bond donors (Lipinski definition) is 1. The van der Waals surface area contributed by atoms with Crippen LogP contribution in [0, 0.1) is 11.8 Å². The van der Waals surface area contributed by atoms with Crippen molar-refractivity contribution in [2.75, 3.05) is 13.1 Å². The molecule has 1 heterocycles.